The molecule has 3 heterocycles. The van der Waals surface area contributed by atoms with Crippen molar-refractivity contribution in [2.75, 3.05) is 57.3 Å². The molecule has 0 bridgehead atoms. The van der Waals surface area contributed by atoms with Gasteiger partial charge in [-0.1, -0.05) is 35.9 Å². The highest BCUT2D eigenvalue weighted by atomic mass is 35.5. The van der Waals surface area contributed by atoms with Crippen molar-refractivity contribution in [3.63, 3.8) is 0 Å². The van der Waals surface area contributed by atoms with E-state index in [4.69, 9.17) is 11.6 Å². The van der Waals surface area contributed by atoms with Crippen LogP contribution in [0, 0.1) is 0 Å². The number of anilines is 1. The average molecular weight is 535 g/mol. The van der Waals surface area contributed by atoms with Crippen LogP contribution in [-0.4, -0.2) is 74.0 Å². The maximum Gasteiger partial charge on any atom is 0.416 e. The summed E-state index contributed by atoms with van der Waals surface area (Å²) in [5.41, 5.74) is 1.35. The zero-order valence-electron chi connectivity index (χ0n) is 20.4. The van der Waals surface area contributed by atoms with Gasteiger partial charge >= 0.3 is 6.18 Å². The van der Waals surface area contributed by atoms with E-state index in [0.717, 1.165) is 30.4 Å². The number of likely N-dealkylation sites (tertiary alicyclic amines) is 1. The number of amides is 2. The van der Waals surface area contributed by atoms with E-state index >= 15 is 0 Å². The fraction of sp³-hybridized carbons (Fsp3) is 0.481. The van der Waals surface area contributed by atoms with Crippen LogP contribution in [0.25, 0.3) is 0 Å². The standard InChI is InChI=1S/C27H30ClF3N4O2/c28-19-5-6-21-22(16-35(24(21)15-19)17-25(36)33-13-9-32-10-14-33)26(37)34-11-7-18(8-12-34)20-3-1-2-4-23(20)27(29,30)31/h1-6,15,18,22,32H,7-14,16-17H2. The molecule has 2 fully saturated rings. The molecule has 1 N–H and O–H groups in total. The van der Waals surface area contributed by atoms with Crippen molar-refractivity contribution in [1.29, 1.82) is 0 Å². The summed E-state index contributed by atoms with van der Waals surface area (Å²) in [7, 11) is 0. The minimum absolute atomic E-state index is 0.0182. The van der Waals surface area contributed by atoms with Gasteiger partial charge in [-0.2, -0.15) is 13.2 Å². The van der Waals surface area contributed by atoms with Gasteiger partial charge in [-0.3, -0.25) is 9.59 Å². The zero-order valence-corrected chi connectivity index (χ0v) is 21.2. The number of halogens is 4. The number of piperazine rings is 1. The molecule has 0 aliphatic carbocycles. The predicted octanol–water partition coefficient (Wildman–Crippen LogP) is 4.10. The van der Waals surface area contributed by atoms with Crippen molar-refractivity contribution in [3.8, 4) is 0 Å². The van der Waals surface area contributed by atoms with Gasteiger partial charge in [0.25, 0.3) is 0 Å². The van der Waals surface area contributed by atoms with Crippen LogP contribution in [0.2, 0.25) is 5.02 Å². The van der Waals surface area contributed by atoms with Gasteiger partial charge in [-0.15, -0.1) is 0 Å². The molecule has 198 valence electrons. The highest BCUT2D eigenvalue weighted by Crippen LogP contribution is 2.41. The lowest BCUT2D eigenvalue weighted by molar-refractivity contribution is -0.139. The third-order valence-corrected chi connectivity index (χ3v) is 7.95. The van der Waals surface area contributed by atoms with Crippen molar-refractivity contribution >= 4 is 29.1 Å². The van der Waals surface area contributed by atoms with Crippen LogP contribution >= 0.6 is 11.6 Å². The third-order valence-electron chi connectivity index (χ3n) is 7.72. The van der Waals surface area contributed by atoms with E-state index in [0.29, 0.717) is 56.2 Å². The quantitative estimate of drug-likeness (QED) is 0.642. The highest BCUT2D eigenvalue weighted by molar-refractivity contribution is 6.31. The first-order chi connectivity index (χ1) is 17.7. The molecule has 1 atom stereocenters. The Morgan fingerprint density at radius 1 is 0.946 bits per heavy atom. The molecule has 0 aromatic heterocycles. The lowest BCUT2D eigenvalue weighted by atomic mass is 9.85. The van der Waals surface area contributed by atoms with Gasteiger partial charge in [0.15, 0.2) is 0 Å². The molecule has 6 nitrogen and oxygen atoms in total. The van der Waals surface area contributed by atoms with E-state index in [9.17, 15) is 22.8 Å². The van der Waals surface area contributed by atoms with Crippen LogP contribution in [0.5, 0.6) is 0 Å². The summed E-state index contributed by atoms with van der Waals surface area (Å²) in [6.07, 6.45) is -3.45. The number of nitrogens with one attached hydrogen (secondary N) is 1. The molecule has 10 heteroatoms. The van der Waals surface area contributed by atoms with Gasteiger partial charge in [0.1, 0.15) is 0 Å². The van der Waals surface area contributed by atoms with Crippen LogP contribution in [-0.2, 0) is 15.8 Å². The Kier molecular flexibility index (Phi) is 7.36. The fourth-order valence-corrected chi connectivity index (χ4v) is 5.95. The SMILES string of the molecule is O=C(CN1CC(C(=O)N2CCC(c3ccccc3C(F)(F)F)CC2)c2ccc(Cl)cc21)N1CCNCC1. The second kappa shape index (κ2) is 10.5. The summed E-state index contributed by atoms with van der Waals surface area (Å²) in [4.78, 5) is 32.1. The van der Waals surface area contributed by atoms with Crippen molar-refractivity contribution < 1.29 is 22.8 Å². The molecule has 37 heavy (non-hydrogen) atoms. The van der Waals surface area contributed by atoms with Crippen LogP contribution in [0.4, 0.5) is 18.9 Å². The summed E-state index contributed by atoms with van der Waals surface area (Å²) in [6.45, 7) is 4.19. The molecule has 0 spiro atoms. The molecular weight excluding hydrogens is 505 g/mol. The Morgan fingerprint density at radius 2 is 1.65 bits per heavy atom. The maximum atomic E-state index is 13.6. The first kappa shape index (κ1) is 25.9. The number of rotatable bonds is 4. The van der Waals surface area contributed by atoms with Crippen LogP contribution in [0.3, 0.4) is 0 Å². The second-order valence-electron chi connectivity index (χ2n) is 9.95. The Bertz CT molecular complexity index is 1160. The lowest BCUT2D eigenvalue weighted by Crippen LogP contribution is -2.49. The van der Waals surface area contributed by atoms with Gasteiger partial charge in [0, 0.05) is 56.5 Å². The minimum atomic E-state index is -4.40. The summed E-state index contributed by atoms with van der Waals surface area (Å²) >= 11 is 6.26. The Labute approximate surface area is 219 Å². The van der Waals surface area contributed by atoms with E-state index in [-0.39, 0.29) is 24.3 Å². The number of alkyl halides is 3. The van der Waals surface area contributed by atoms with Crippen LogP contribution in [0.15, 0.2) is 42.5 Å². The monoisotopic (exact) mass is 534 g/mol. The Hall–Kier alpha value is -2.78. The predicted molar refractivity (Wildman–Crippen MR) is 136 cm³/mol. The number of fused-ring (bicyclic) bond motifs is 1. The molecule has 2 aromatic rings. The molecule has 2 aromatic carbocycles. The molecule has 5 rings (SSSR count). The first-order valence-corrected chi connectivity index (χ1v) is 13.1. The average Bonchev–Trinajstić information content (AvgIpc) is 3.25. The van der Waals surface area contributed by atoms with Crippen LogP contribution < -0.4 is 10.2 Å². The zero-order chi connectivity index (χ0) is 26.2. The fourth-order valence-electron chi connectivity index (χ4n) is 5.78. The molecule has 1 unspecified atom stereocenters. The summed E-state index contributed by atoms with van der Waals surface area (Å²) in [5.74, 6) is -0.722. The van der Waals surface area contributed by atoms with Gasteiger partial charge < -0.3 is 20.0 Å². The Balaban J connectivity index is 1.28. The molecule has 0 saturated carbocycles. The number of hydrogen-bond donors (Lipinski definition) is 1. The van der Waals surface area contributed by atoms with Gasteiger partial charge in [-0.25, -0.2) is 0 Å². The summed E-state index contributed by atoms with van der Waals surface area (Å²) in [6, 6.07) is 11.1. The molecule has 3 aliphatic heterocycles. The second-order valence-corrected chi connectivity index (χ2v) is 10.4. The molecule has 2 amide bonds. The largest absolute Gasteiger partial charge is 0.416 e. The van der Waals surface area contributed by atoms with Crippen molar-refractivity contribution in [3.05, 3.63) is 64.2 Å². The number of nitrogens with zero attached hydrogens (tertiary/aromatic N) is 3. The molecular formula is C27H30ClF3N4O2. The molecule has 0 radical (unpaired) electrons. The summed E-state index contributed by atoms with van der Waals surface area (Å²) in [5, 5.41) is 3.78. The van der Waals surface area contributed by atoms with Crippen molar-refractivity contribution in [2.45, 2.75) is 30.9 Å². The smallest absolute Gasteiger partial charge is 0.361 e. The minimum Gasteiger partial charge on any atom is -0.361 e. The molecule has 2 saturated heterocycles. The summed E-state index contributed by atoms with van der Waals surface area (Å²) < 4.78 is 40.6. The van der Waals surface area contributed by atoms with E-state index in [1.54, 1.807) is 29.2 Å². The third kappa shape index (κ3) is 5.43. The Morgan fingerprint density at radius 3 is 2.35 bits per heavy atom. The lowest BCUT2D eigenvalue weighted by Gasteiger charge is -2.35. The number of carbonyl (C=O) groups is 2. The topological polar surface area (TPSA) is 55.9 Å². The van der Waals surface area contributed by atoms with Crippen LogP contribution in [0.1, 0.15) is 41.4 Å². The van der Waals surface area contributed by atoms with E-state index in [2.05, 4.69) is 5.32 Å². The normalized spacial score (nSPS) is 20.8. The number of benzene rings is 2. The van der Waals surface area contributed by atoms with Gasteiger partial charge in [0.05, 0.1) is 18.0 Å². The maximum absolute atomic E-state index is 13.6. The van der Waals surface area contributed by atoms with Gasteiger partial charge in [-0.05, 0) is 48.1 Å². The van der Waals surface area contributed by atoms with E-state index in [1.807, 2.05) is 15.9 Å². The van der Waals surface area contributed by atoms with E-state index in [1.165, 1.54) is 6.07 Å². The van der Waals surface area contributed by atoms with Gasteiger partial charge in [0.2, 0.25) is 11.8 Å². The molecule has 3 aliphatic rings. The number of carbonyl (C=O) groups excluding carboxylic acids is 2. The van der Waals surface area contributed by atoms with Crippen molar-refractivity contribution in [1.82, 2.24) is 15.1 Å². The number of hydrogen-bond acceptors (Lipinski definition) is 4. The van der Waals surface area contributed by atoms with E-state index < -0.39 is 17.7 Å². The van der Waals surface area contributed by atoms with Crippen molar-refractivity contribution in [2.24, 2.45) is 0 Å². The first-order valence-electron chi connectivity index (χ1n) is 12.7. The number of piperidine rings is 1. The highest BCUT2D eigenvalue weighted by Gasteiger charge is 2.40.